The van der Waals surface area contributed by atoms with Crippen LogP contribution in [0.4, 0.5) is 0 Å². The van der Waals surface area contributed by atoms with Crippen LogP contribution < -0.4 is 0 Å². The second-order valence-electron chi connectivity index (χ2n) is 5.06. The molecule has 2 saturated heterocycles. The summed E-state index contributed by atoms with van der Waals surface area (Å²) in [5, 5.41) is 0. The average molecular weight is 245 g/mol. The fourth-order valence-electron chi connectivity index (χ4n) is 1.89. The molecule has 0 N–H and O–H groups in total. The van der Waals surface area contributed by atoms with Gasteiger partial charge in [-0.2, -0.15) is 0 Å². The monoisotopic (exact) mass is 245 g/mol. The van der Waals surface area contributed by atoms with E-state index in [9.17, 15) is 4.79 Å². The van der Waals surface area contributed by atoms with Gasteiger partial charge in [0, 0.05) is 13.5 Å². The summed E-state index contributed by atoms with van der Waals surface area (Å²) >= 11 is 0. The maximum absolute atomic E-state index is 10.9. The molecule has 100 valence electrons. The van der Waals surface area contributed by atoms with E-state index in [-0.39, 0.29) is 17.4 Å². The first-order valence-electron chi connectivity index (χ1n) is 5.95. The zero-order valence-corrected chi connectivity index (χ0v) is 11.4. The number of hydrogen-bond donors (Lipinski definition) is 0. The summed E-state index contributed by atoms with van der Waals surface area (Å²) in [4.78, 5) is 12.6. The van der Waals surface area contributed by atoms with Crippen molar-refractivity contribution in [3.8, 4) is 0 Å². The Hall–Kier alpha value is -0.650. The molecule has 0 aromatic carbocycles. The molecular formula is C12H23NO4. The summed E-state index contributed by atoms with van der Waals surface area (Å²) in [6.07, 6.45) is 0. The third kappa shape index (κ3) is 4.26. The first-order valence-corrected chi connectivity index (χ1v) is 5.95. The van der Waals surface area contributed by atoms with Crippen LogP contribution in [-0.2, 0) is 19.0 Å². The number of amides is 1. The Balaban J connectivity index is 0.000000181. The van der Waals surface area contributed by atoms with Gasteiger partial charge in [0.15, 0.2) is 5.79 Å². The van der Waals surface area contributed by atoms with Gasteiger partial charge in [0.2, 0.25) is 5.91 Å². The van der Waals surface area contributed by atoms with Crippen molar-refractivity contribution in [3.05, 3.63) is 0 Å². The standard InChI is InChI=1S/C7H13NO2.C5H10O2/c1-6(9)8-4-5-10-7(8,2)3;1-5(2)6-3-4-7-5/h4-5H2,1-3H3;3-4H2,1-2H3. The van der Waals surface area contributed by atoms with Crippen LogP contribution in [-0.4, -0.2) is 48.7 Å². The van der Waals surface area contributed by atoms with Gasteiger partial charge in [0.25, 0.3) is 0 Å². The Morgan fingerprint density at radius 3 is 1.71 bits per heavy atom. The van der Waals surface area contributed by atoms with E-state index in [0.29, 0.717) is 6.61 Å². The van der Waals surface area contributed by atoms with Crippen LogP contribution in [0.3, 0.4) is 0 Å². The normalized spacial score (nSPS) is 25.4. The lowest BCUT2D eigenvalue weighted by molar-refractivity contribution is -0.141. The Morgan fingerprint density at radius 1 is 1.00 bits per heavy atom. The SMILES string of the molecule is CC(=O)N1CCOC1(C)C.CC1(C)OCCO1. The van der Waals surface area contributed by atoms with Crippen molar-refractivity contribution >= 4 is 5.91 Å². The minimum Gasteiger partial charge on any atom is -0.354 e. The molecule has 2 heterocycles. The Morgan fingerprint density at radius 2 is 1.53 bits per heavy atom. The lowest BCUT2D eigenvalue weighted by atomic mass is 10.3. The quantitative estimate of drug-likeness (QED) is 0.646. The van der Waals surface area contributed by atoms with Crippen molar-refractivity contribution in [1.82, 2.24) is 4.90 Å². The molecule has 2 rings (SSSR count). The molecule has 0 unspecified atom stereocenters. The lowest BCUT2D eigenvalue weighted by Gasteiger charge is -2.28. The predicted molar refractivity (Wildman–Crippen MR) is 63.4 cm³/mol. The predicted octanol–water partition coefficient (Wildman–Crippen LogP) is 1.37. The van der Waals surface area contributed by atoms with E-state index in [2.05, 4.69) is 0 Å². The first-order chi connectivity index (χ1) is 7.75. The Labute approximate surface area is 103 Å². The Kier molecular flexibility index (Phi) is 4.52. The van der Waals surface area contributed by atoms with Gasteiger partial charge < -0.3 is 19.1 Å². The van der Waals surface area contributed by atoms with E-state index in [1.54, 1.807) is 11.8 Å². The van der Waals surface area contributed by atoms with Crippen LogP contribution in [0.15, 0.2) is 0 Å². The second-order valence-corrected chi connectivity index (χ2v) is 5.06. The molecule has 2 aliphatic rings. The van der Waals surface area contributed by atoms with Gasteiger partial charge in [0.05, 0.1) is 19.8 Å². The van der Waals surface area contributed by atoms with Gasteiger partial charge in [-0.1, -0.05) is 0 Å². The van der Waals surface area contributed by atoms with E-state index in [1.165, 1.54) is 0 Å². The van der Waals surface area contributed by atoms with Gasteiger partial charge in [-0.3, -0.25) is 4.79 Å². The van der Waals surface area contributed by atoms with Gasteiger partial charge >= 0.3 is 0 Å². The smallest absolute Gasteiger partial charge is 0.221 e. The van der Waals surface area contributed by atoms with Crippen LogP contribution in [0, 0.1) is 0 Å². The third-order valence-electron chi connectivity index (χ3n) is 2.78. The van der Waals surface area contributed by atoms with Crippen molar-refractivity contribution < 1.29 is 19.0 Å². The zero-order valence-electron chi connectivity index (χ0n) is 11.4. The third-order valence-corrected chi connectivity index (χ3v) is 2.78. The molecule has 0 bridgehead atoms. The molecule has 0 atom stereocenters. The minimum atomic E-state index is -0.383. The summed E-state index contributed by atoms with van der Waals surface area (Å²) in [5.74, 6) is -0.220. The number of hydrogen-bond acceptors (Lipinski definition) is 4. The largest absolute Gasteiger partial charge is 0.354 e. The summed E-state index contributed by atoms with van der Waals surface area (Å²) in [6.45, 7) is 12.1. The van der Waals surface area contributed by atoms with E-state index < -0.39 is 0 Å². The Bertz CT molecular complexity index is 268. The summed E-state index contributed by atoms with van der Waals surface area (Å²) in [5.41, 5.74) is -0.383. The van der Waals surface area contributed by atoms with Gasteiger partial charge in [-0.25, -0.2) is 0 Å². The van der Waals surface area contributed by atoms with E-state index in [4.69, 9.17) is 14.2 Å². The number of carbonyl (C=O) groups excluding carboxylic acids is 1. The summed E-state index contributed by atoms with van der Waals surface area (Å²) < 4.78 is 15.6. The number of ether oxygens (including phenoxy) is 3. The topological polar surface area (TPSA) is 48.0 Å². The number of carbonyl (C=O) groups is 1. The molecule has 0 aromatic rings. The van der Waals surface area contributed by atoms with Crippen molar-refractivity contribution in [1.29, 1.82) is 0 Å². The molecule has 0 saturated carbocycles. The highest BCUT2D eigenvalue weighted by atomic mass is 16.7. The highest BCUT2D eigenvalue weighted by Crippen LogP contribution is 2.21. The number of nitrogens with zero attached hydrogens (tertiary/aromatic N) is 1. The molecule has 0 radical (unpaired) electrons. The fraction of sp³-hybridized carbons (Fsp3) is 0.917. The highest BCUT2D eigenvalue weighted by Gasteiger charge is 2.34. The summed E-state index contributed by atoms with van der Waals surface area (Å²) in [6, 6.07) is 0. The van der Waals surface area contributed by atoms with Crippen molar-refractivity contribution in [2.24, 2.45) is 0 Å². The first kappa shape index (κ1) is 14.4. The molecule has 2 aliphatic heterocycles. The van der Waals surface area contributed by atoms with E-state index >= 15 is 0 Å². The minimum absolute atomic E-state index is 0.0856. The maximum atomic E-state index is 10.9. The maximum Gasteiger partial charge on any atom is 0.221 e. The van der Waals surface area contributed by atoms with Crippen LogP contribution in [0.5, 0.6) is 0 Å². The van der Waals surface area contributed by atoms with E-state index in [1.807, 2.05) is 27.7 Å². The van der Waals surface area contributed by atoms with E-state index in [0.717, 1.165) is 19.8 Å². The van der Waals surface area contributed by atoms with Crippen LogP contribution in [0.25, 0.3) is 0 Å². The van der Waals surface area contributed by atoms with Crippen LogP contribution in [0.2, 0.25) is 0 Å². The molecular weight excluding hydrogens is 222 g/mol. The van der Waals surface area contributed by atoms with Crippen molar-refractivity contribution in [2.45, 2.75) is 46.1 Å². The van der Waals surface area contributed by atoms with Crippen LogP contribution in [0.1, 0.15) is 34.6 Å². The molecule has 0 aliphatic carbocycles. The summed E-state index contributed by atoms with van der Waals surface area (Å²) in [7, 11) is 0. The van der Waals surface area contributed by atoms with Gasteiger partial charge in [-0.05, 0) is 27.7 Å². The molecule has 5 heteroatoms. The molecule has 2 fully saturated rings. The molecule has 17 heavy (non-hydrogen) atoms. The fourth-order valence-corrected chi connectivity index (χ4v) is 1.89. The molecule has 5 nitrogen and oxygen atoms in total. The van der Waals surface area contributed by atoms with Gasteiger partial charge in [-0.15, -0.1) is 0 Å². The van der Waals surface area contributed by atoms with Crippen LogP contribution >= 0.6 is 0 Å². The lowest BCUT2D eigenvalue weighted by Crippen LogP contribution is -2.42. The average Bonchev–Trinajstić information content (AvgIpc) is 2.71. The second kappa shape index (κ2) is 5.33. The zero-order chi connectivity index (χ0) is 13.1. The van der Waals surface area contributed by atoms with Crippen molar-refractivity contribution in [2.75, 3.05) is 26.4 Å². The molecule has 1 amide bonds. The van der Waals surface area contributed by atoms with Crippen molar-refractivity contribution in [3.63, 3.8) is 0 Å². The number of rotatable bonds is 0. The highest BCUT2D eigenvalue weighted by molar-refractivity contribution is 5.74. The van der Waals surface area contributed by atoms with Gasteiger partial charge in [0.1, 0.15) is 5.72 Å². The molecule has 0 spiro atoms. The molecule has 0 aromatic heterocycles.